The van der Waals surface area contributed by atoms with Crippen molar-refractivity contribution in [2.24, 2.45) is 7.05 Å². The van der Waals surface area contributed by atoms with Crippen LogP contribution in [0, 0.1) is 5.82 Å². The van der Waals surface area contributed by atoms with E-state index in [1.807, 2.05) is 47.5 Å². The molecule has 0 bridgehead atoms. The summed E-state index contributed by atoms with van der Waals surface area (Å²) in [5.74, 6) is 0.504. The van der Waals surface area contributed by atoms with Crippen molar-refractivity contribution in [1.82, 2.24) is 19.3 Å². The lowest BCUT2D eigenvalue weighted by Gasteiger charge is -2.11. The first-order valence-electron chi connectivity index (χ1n) is 8.04. The summed E-state index contributed by atoms with van der Waals surface area (Å²) in [6, 6.07) is 12.4. The van der Waals surface area contributed by atoms with Crippen molar-refractivity contribution >= 4 is 22.6 Å². The number of hydrogen-bond acceptors (Lipinski definition) is 2. The summed E-state index contributed by atoms with van der Waals surface area (Å²) in [6.45, 7) is 2.04. The van der Waals surface area contributed by atoms with E-state index in [0.717, 1.165) is 40.1 Å². The molecule has 2 aromatic heterocycles. The summed E-state index contributed by atoms with van der Waals surface area (Å²) >= 11 is 6.35. The Bertz CT molecular complexity index is 1080. The Morgan fingerprint density at radius 3 is 2.72 bits per heavy atom. The van der Waals surface area contributed by atoms with Crippen molar-refractivity contribution in [2.45, 2.75) is 13.3 Å². The SMILES string of the molecule is CCc1nn(C)c(-n2cnc3ccccc32)c1-c1ccc(F)cc1Cl. The van der Waals surface area contributed by atoms with Crippen LogP contribution in [0.4, 0.5) is 4.39 Å². The maximum Gasteiger partial charge on any atom is 0.144 e. The molecular weight excluding hydrogens is 339 g/mol. The molecule has 0 N–H and O–H groups in total. The minimum Gasteiger partial charge on any atom is -0.283 e. The molecule has 4 aromatic rings. The van der Waals surface area contributed by atoms with E-state index in [2.05, 4.69) is 10.1 Å². The van der Waals surface area contributed by atoms with E-state index >= 15 is 0 Å². The average molecular weight is 355 g/mol. The second-order valence-corrected chi connectivity index (χ2v) is 6.26. The fraction of sp³-hybridized carbons (Fsp3) is 0.158. The second-order valence-electron chi connectivity index (χ2n) is 5.85. The number of benzene rings is 2. The highest BCUT2D eigenvalue weighted by Crippen LogP contribution is 2.36. The molecule has 25 heavy (non-hydrogen) atoms. The molecule has 0 aliphatic carbocycles. The first-order valence-corrected chi connectivity index (χ1v) is 8.41. The number of aryl methyl sites for hydroxylation is 2. The summed E-state index contributed by atoms with van der Waals surface area (Å²) in [5, 5.41) is 5.02. The van der Waals surface area contributed by atoms with Gasteiger partial charge < -0.3 is 0 Å². The zero-order valence-electron chi connectivity index (χ0n) is 13.9. The lowest BCUT2D eigenvalue weighted by molar-refractivity contribution is 0.628. The van der Waals surface area contributed by atoms with Gasteiger partial charge in [0.15, 0.2) is 0 Å². The normalized spacial score (nSPS) is 11.4. The third-order valence-corrected chi connectivity index (χ3v) is 4.62. The van der Waals surface area contributed by atoms with Crippen LogP contribution in [0.1, 0.15) is 12.6 Å². The van der Waals surface area contributed by atoms with Crippen LogP contribution in [0.3, 0.4) is 0 Å². The predicted molar refractivity (Wildman–Crippen MR) is 97.6 cm³/mol. The van der Waals surface area contributed by atoms with E-state index in [-0.39, 0.29) is 5.82 Å². The Hall–Kier alpha value is -2.66. The molecule has 2 aromatic carbocycles. The number of fused-ring (bicyclic) bond motifs is 1. The lowest BCUT2D eigenvalue weighted by atomic mass is 10.0. The van der Waals surface area contributed by atoms with E-state index in [9.17, 15) is 4.39 Å². The smallest absolute Gasteiger partial charge is 0.144 e. The zero-order valence-corrected chi connectivity index (χ0v) is 14.6. The van der Waals surface area contributed by atoms with Gasteiger partial charge in [-0.2, -0.15) is 5.10 Å². The molecule has 0 saturated heterocycles. The van der Waals surface area contributed by atoms with Gasteiger partial charge in [0, 0.05) is 18.2 Å². The van der Waals surface area contributed by atoms with Crippen LogP contribution in [0.25, 0.3) is 28.0 Å². The van der Waals surface area contributed by atoms with Gasteiger partial charge >= 0.3 is 0 Å². The average Bonchev–Trinajstić information content (AvgIpc) is 3.15. The molecule has 0 aliphatic heterocycles. The van der Waals surface area contributed by atoms with Crippen molar-refractivity contribution < 1.29 is 4.39 Å². The molecule has 0 saturated carbocycles. The lowest BCUT2D eigenvalue weighted by Crippen LogP contribution is -2.03. The Morgan fingerprint density at radius 2 is 1.96 bits per heavy atom. The first kappa shape index (κ1) is 15.8. The Labute approximate surface area is 149 Å². The summed E-state index contributed by atoms with van der Waals surface area (Å²) in [6.07, 6.45) is 2.52. The molecule has 6 heteroatoms. The topological polar surface area (TPSA) is 35.6 Å². The van der Waals surface area contributed by atoms with Gasteiger partial charge in [-0.15, -0.1) is 0 Å². The van der Waals surface area contributed by atoms with Crippen molar-refractivity contribution in [3.05, 3.63) is 65.3 Å². The Kier molecular flexibility index (Phi) is 3.81. The molecule has 0 amide bonds. The quantitative estimate of drug-likeness (QED) is 0.530. The maximum atomic E-state index is 13.5. The summed E-state index contributed by atoms with van der Waals surface area (Å²) < 4.78 is 17.3. The molecule has 0 spiro atoms. The fourth-order valence-electron chi connectivity index (χ4n) is 3.19. The number of halogens is 2. The molecule has 126 valence electrons. The van der Waals surface area contributed by atoms with Crippen LogP contribution in [0.2, 0.25) is 5.02 Å². The standard InChI is InChI=1S/C19H16ClFN4/c1-3-15-18(13-9-8-12(21)10-14(13)20)19(24(2)23-15)25-11-22-16-6-4-5-7-17(16)25/h4-11H,3H2,1-2H3. The van der Waals surface area contributed by atoms with Crippen LogP contribution in [-0.4, -0.2) is 19.3 Å². The van der Waals surface area contributed by atoms with Crippen LogP contribution in [0.5, 0.6) is 0 Å². The molecule has 4 rings (SSSR count). The highest BCUT2D eigenvalue weighted by atomic mass is 35.5. The molecule has 2 heterocycles. The van der Waals surface area contributed by atoms with Crippen LogP contribution in [-0.2, 0) is 13.5 Å². The van der Waals surface area contributed by atoms with Crippen LogP contribution < -0.4 is 0 Å². The van der Waals surface area contributed by atoms with Gasteiger partial charge in [0.05, 0.1) is 21.7 Å². The van der Waals surface area contributed by atoms with Gasteiger partial charge in [-0.1, -0.05) is 30.7 Å². The minimum absolute atomic E-state index is 0.356. The first-order chi connectivity index (χ1) is 12.1. The van der Waals surface area contributed by atoms with E-state index in [0.29, 0.717) is 5.02 Å². The largest absolute Gasteiger partial charge is 0.283 e. The number of rotatable bonds is 3. The minimum atomic E-state index is -0.356. The van der Waals surface area contributed by atoms with Crippen molar-refractivity contribution in [3.63, 3.8) is 0 Å². The number of nitrogens with zero attached hydrogens (tertiary/aromatic N) is 4. The number of para-hydroxylation sites is 2. The van der Waals surface area contributed by atoms with Gasteiger partial charge in [0.25, 0.3) is 0 Å². The van der Waals surface area contributed by atoms with Crippen LogP contribution >= 0.6 is 11.6 Å². The molecule has 0 aliphatic rings. The van der Waals surface area contributed by atoms with Gasteiger partial charge in [0.1, 0.15) is 18.0 Å². The molecule has 0 radical (unpaired) electrons. The third kappa shape index (κ3) is 2.51. The Balaban J connectivity index is 2.05. The highest BCUT2D eigenvalue weighted by molar-refractivity contribution is 6.33. The Morgan fingerprint density at radius 1 is 1.16 bits per heavy atom. The van der Waals surface area contributed by atoms with Gasteiger partial charge in [0.2, 0.25) is 0 Å². The van der Waals surface area contributed by atoms with E-state index < -0.39 is 0 Å². The molecule has 0 atom stereocenters. The second kappa shape index (κ2) is 6.01. The molecule has 4 nitrogen and oxygen atoms in total. The van der Waals surface area contributed by atoms with Gasteiger partial charge in [-0.3, -0.25) is 9.25 Å². The van der Waals surface area contributed by atoms with E-state index in [1.165, 1.54) is 12.1 Å². The van der Waals surface area contributed by atoms with Crippen molar-refractivity contribution in [1.29, 1.82) is 0 Å². The number of imidazole rings is 1. The van der Waals surface area contributed by atoms with Crippen LogP contribution in [0.15, 0.2) is 48.8 Å². The van der Waals surface area contributed by atoms with Gasteiger partial charge in [-0.05, 0) is 36.8 Å². The van der Waals surface area contributed by atoms with E-state index in [1.54, 1.807) is 12.4 Å². The summed E-state index contributed by atoms with van der Waals surface area (Å²) in [7, 11) is 1.89. The van der Waals surface area contributed by atoms with E-state index in [4.69, 9.17) is 11.6 Å². The molecule has 0 unspecified atom stereocenters. The summed E-state index contributed by atoms with van der Waals surface area (Å²) in [4.78, 5) is 4.47. The highest BCUT2D eigenvalue weighted by Gasteiger charge is 2.21. The van der Waals surface area contributed by atoms with Crippen molar-refractivity contribution in [2.75, 3.05) is 0 Å². The molecule has 0 fully saturated rings. The fourth-order valence-corrected chi connectivity index (χ4v) is 3.45. The zero-order chi connectivity index (χ0) is 17.6. The van der Waals surface area contributed by atoms with Gasteiger partial charge in [-0.25, -0.2) is 9.37 Å². The number of hydrogen-bond donors (Lipinski definition) is 0. The predicted octanol–water partition coefficient (Wildman–Crippen LogP) is 4.78. The summed E-state index contributed by atoms with van der Waals surface area (Å²) in [5.41, 5.74) is 4.45. The van der Waals surface area contributed by atoms with Crippen molar-refractivity contribution in [3.8, 4) is 16.9 Å². The molecular formula is C19H16ClFN4. The number of aromatic nitrogens is 4. The monoisotopic (exact) mass is 354 g/mol. The maximum absolute atomic E-state index is 13.5. The third-order valence-electron chi connectivity index (χ3n) is 4.31.